The van der Waals surface area contributed by atoms with E-state index in [4.69, 9.17) is 18.6 Å². The monoisotopic (exact) mass is 545 g/mol. The Kier molecular flexibility index (Phi) is 9.13. The van der Waals surface area contributed by atoms with Crippen molar-refractivity contribution in [2.75, 3.05) is 20.5 Å². The summed E-state index contributed by atoms with van der Waals surface area (Å²) in [4.78, 5) is 4.36. The van der Waals surface area contributed by atoms with Crippen LogP contribution in [-0.2, 0) is 9.16 Å². The maximum Gasteiger partial charge on any atom is 0.197 e. The summed E-state index contributed by atoms with van der Waals surface area (Å²) in [6.45, 7) is 14.0. The smallest absolute Gasteiger partial charge is 0.197 e. The average Bonchev–Trinajstić information content (AvgIpc) is 2.49. The van der Waals surface area contributed by atoms with Gasteiger partial charge in [0, 0.05) is 13.2 Å². The van der Waals surface area contributed by atoms with Gasteiger partial charge < -0.3 is 18.6 Å². The van der Waals surface area contributed by atoms with Crippen LogP contribution in [0.2, 0.25) is 18.1 Å². The number of nitrogens with zero attached hydrogens (tertiary/aromatic N) is 1. The maximum atomic E-state index is 6.32. The van der Waals surface area contributed by atoms with Crippen LogP contribution in [-0.4, -0.2) is 39.9 Å². The van der Waals surface area contributed by atoms with Crippen molar-refractivity contribution < 1.29 is 18.6 Å². The van der Waals surface area contributed by atoms with E-state index < -0.39 is 8.32 Å². The van der Waals surface area contributed by atoms with Gasteiger partial charge in [-0.05, 0) is 63.1 Å². The van der Waals surface area contributed by atoms with Gasteiger partial charge in [-0.2, -0.15) is 0 Å². The van der Waals surface area contributed by atoms with Crippen molar-refractivity contribution in [3.8, 4) is 11.5 Å². The molecule has 1 unspecified atom stereocenters. The van der Waals surface area contributed by atoms with E-state index >= 15 is 0 Å². The second-order valence-corrected chi connectivity index (χ2v) is 14.0. The zero-order chi connectivity index (χ0) is 19.3. The van der Waals surface area contributed by atoms with Gasteiger partial charge in [0.2, 0.25) is 0 Å². The predicted octanol–water partition coefficient (Wildman–Crippen LogP) is 5.61. The van der Waals surface area contributed by atoms with E-state index in [9.17, 15) is 0 Å². The van der Waals surface area contributed by atoms with E-state index in [-0.39, 0.29) is 17.9 Å². The van der Waals surface area contributed by atoms with Crippen LogP contribution in [0.3, 0.4) is 0 Å². The number of rotatable bonds is 9. The molecule has 0 N–H and O–H groups in total. The first-order chi connectivity index (χ1) is 11.5. The van der Waals surface area contributed by atoms with Gasteiger partial charge >= 0.3 is 0 Å². The Morgan fingerprint density at radius 2 is 1.96 bits per heavy atom. The van der Waals surface area contributed by atoms with Crippen molar-refractivity contribution >= 4 is 46.8 Å². The molecule has 1 aromatic rings. The third-order valence-corrected chi connectivity index (χ3v) is 9.96. The number of methoxy groups -OCH3 is 1. The summed E-state index contributed by atoms with van der Waals surface area (Å²) in [5.41, 5.74) is 0. The van der Waals surface area contributed by atoms with E-state index in [1.54, 1.807) is 7.11 Å². The predicted molar refractivity (Wildman–Crippen MR) is 115 cm³/mol. The number of aromatic nitrogens is 1. The van der Waals surface area contributed by atoms with Crippen LogP contribution in [0.1, 0.15) is 34.1 Å². The van der Waals surface area contributed by atoms with Gasteiger partial charge in [0.25, 0.3) is 0 Å². The summed E-state index contributed by atoms with van der Waals surface area (Å²) in [6, 6.07) is 1.87. The molecule has 0 bridgehead atoms. The zero-order valence-corrected chi connectivity index (χ0v) is 20.9. The maximum absolute atomic E-state index is 6.32. The minimum atomic E-state index is -1.81. The highest BCUT2D eigenvalue weighted by Crippen LogP contribution is 2.38. The molecule has 25 heavy (non-hydrogen) atoms. The number of halogens is 2. The lowest BCUT2D eigenvalue weighted by atomic mass is 10.2. The Balaban J connectivity index is 2.90. The van der Waals surface area contributed by atoms with Crippen LogP contribution < -0.4 is 9.47 Å². The average molecular weight is 546 g/mol. The van der Waals surface area contributed by atoms with E-state index in [0.717, 1.165) is 10.1 Å². The minimum absolute atomic E-state index is 0.0517. The Labute approximate surface area is 174 Å². The summed E-state index contributed by atoms with van der Waals surface area (Å²) in [7, 11) is -0.232. The second kappa shape index (κ2) is 9.87. The molecule has 0 spiro atoms. The molecule has 144 valence electrons. The molecule has 5 nitrogen and oxygen atoms in total. The lowest BCUT2D eigenvalue weighted by Gasteiger charge is -2.37. The Bertz CT molecular complexity index is 566. The fourth-order valence-corrected chi connectivity index (χ4v) is 4.11. The van der Waals surface area contributed by atoms with Gasteiger partial charge in [-0.15, -0.1) is 0 Å². The molecule has 0 aliphatic rings. The molecule has 8 heteroatoms. The van der Waals surface area contributed by atoms with Crippen LogP contribution >= 0.6 is 38.5 Å². The number of ether oxygens (including phenoxy) is 3. The van der Waals surface area contributed by atoms with E-state index in [1.807, 2.05) is 6.07 Å². The fourth-order valence-electron chi connectivity index (χ4n) is 1.72. The molecule has 0 fully saturated rings. The summed E-state index contributed by atoms with van der Waals surface area (Å²) in [5.74, 6) is 1.20. The molecule has 0 saturated carbocycles. The lowest BCUT2D eigenvalue weighted by Crippen LogP contribution is -2.43. The highest BCUT2D eigenvalue weighted by atomic mass is 127. The van der Waals surface area contributed by atoms with Crippen LogP contribution in [0, 0.1) is 3.70 Å². The number of hydrogen-bond donors (Lipinski definition) is 0. The molecule has 0 aromatic carbocycles. The molecule has 0 saturated heterocycles. The first-order valence-corrected chi connectivity index (χ1v) is 13.1. The molecule has 0 aliphatic heterocycles. The third-order valence-electron chi connectivity index (χ3n) is 4.37. The largest absolute Gasteiger partial charge is 0.484 e. The molecule has 0 aliphatic carbocycles. The van der Waals surface area contributed by atoms with Gasteiger partial charge in [0.1, 0.15) is 9.80 Å². The quantitative estimate of drug-likeness (QED) is 0.175. The highest BCUT2D eigenvalue weighted by Gasteiger charge is 2.37. The molecule has 1 atom stereocenters. The van der Waals surface area contributed by atoms with Gasteiger partial charge in [-0.1, -0.05) is 27.7 Å². The minimum Gasteiger partial charge on any atom is -0.484 e. The summed E-state index contributed by atoms with van der Waals surface area (Å²) >= 11 is 5.59. The van der Waals surface area contributed by atoms with E-state index in [1.165, 1.54) is 0 Å². The summed E-state index contributed by atoms with van der Waals surface area (Å²) in [5, 5.41) is 0.174. The summed E-state index contributed by atoms with van der Waals surface area (Å²) < 4.78 is 24.6. The van der Waals surface area contributed by atoms with Crippen LogP contribution in [0.25, 0.3) is 0 Å². The van der Waals surface area contributed by atoms with Gasteiger partial charge in [0.15, 0.2) is 31.2 Å². The molecule has 1 rings (SSSR count). The molecule has 1 aromatic heterocycles. The van der Waals surface area contributed by atoms with Crippen LogP contribution in [0.15, 0.2) is 10.7 Å². The second-order valence-electron chi connectivity index (χ2n) is 7.33. The zero-order valence-electron chi connectivity index (χ0n) is 16.1. The topological polar surface area (TPSA) is 49.8 Å². The Morgan fingerprint density at radius 3 is 2.48 bits per heavy atom. The standard InChI is InChI=1S/C17H29BrINO4Si/c1-8-12(10-23-25(6,7)17(2,3)4)24-13-9-14(19)20-16(18)15(13)22-11-21-5/h9,12H,8,10-11H2,1-7H3. The Morgan fingerprint density at radius 1 is 1.32 bits per heavy atom. The van der Waals surface area contributed by atoms with Gasteiger partial charge in [-0.25, -0.2) is 4.98 Å². The van der Waals surface area contributed by atoms with Gasteiger partial charge in [-0.3, -0.25) is 0 Å². The molecule has 0 radical (unpaired) electrons. The van der Waals surface area contributed by atoms with Crippen molar-refractivity contribution in [1.29, 1.82) is 0 Å². The van der Waals surface area contributed by atoms with Crippen molar-refractivity contribution in [2.45, 2.75) is 58.4 Å². The molecule has 1 heterocycles. The first-order valence-electron chi connectivity index (χ1n) is 8.30. The molecular weight excluding hydrogens is 517 g/mol. The lowest BCUT2D eigenvalue weighted by molar-refractivity contribution is 0.0439. The van der Waals surface area contributed by atoms with Crippen molar-refractivity contribution in [3.63, 3.8) is 0 Å². The number of hydrogen-bond acceptors (Lipinski definition) is 5. The third kappa shape index (κ3) is 6.97. The van der Waals surface area contributed by atoms with Crippen LogP contribution in [0.4, 0.5) is 0 Å². The number of pyridine rings is 1. The van der Waals surface area contributed by atoms with Crippen LogP contribution in [0.5, 0.6) is 11.5 Å². The fraction of sp³-hybridized carbons (Fsp3) is 0.706. The molecular formula is C17H29BrINO4Si. The highest BCUT2D eigenvalue weighted by molar-refractivity contribution is 14.1. The van der Waals surface area contributed by atoms with E-state index in [2.05, 4.69) is 84.3 Å². The first kappa shape index (κ1) is 23.1. The van der Waals surface area contributed by atoms with Crippen molar-refractivity contribution in [3.05, 3.63) is 14.4 Å². The van der Waals surface area contributed by atoms with E-state index in [0.29, 0.717) is 22.7 Å². The molecule has 0 amide bonds. The summed E-state index contributed by atoms with van der Waals surface area (Å²) in [6.07, 6.45) is 0.790. The van der Waals surface area contributed by atoms with Gasteiger partial charge in [0.05, 0.1) is 6.61 Å². The normalized spacial score (nSPS) is 13.6. The van der Waals surface area contributed by atoms with Crippen molar-refractivity contribution in [2.24, 2.45) is 0 Å². The SMILES string of the molecule is CCC(CO[Si](C)(C)C(C)(C)C)Oc1cc(I)nc(Br)c1OCOC. The van der Waals surface area contributed by atoms with Crippen molar-refractivity contribution in [1.82, 2.24) is 4.98 Å². The Hall–Kier alpha value is 0.0969.